The third-order valence-electron chi connectivity index (χ3n) is 4.44. The van der Waals surface area contributed by atoms with E-state index in [4.69, 9.17) is 9.47 Å². The molecule has 4 rings (SSSR count). The number of nitrogens with one attached hydrogen (secondary N) is 1. The third kappa shape index (κ3) is 3.01. The predicted octanol–water partition coefficient (Wildman–Crippen LogP) is 3.93. The summed E-state index contributed by atoms with van der Waals surface area (Å²) >= 11 is 0. The summed E-state index contributed by atoms with van der Waals surface area (Å²) in [4.78, 5) is 11.2. The Labute approximate surface area is 152 Å². The zero-order chi connectivity index (χ0) is 17.9. The van der Waals surface area contributed by atoms with Crippen molar-refractivity contribution in [1.82, 2.24) is 9.97 Å². The normalized spacial score (nSPS) is 12.6. The van der Waals surface area contributed by atoms with Gasteiger partial charge < -0.3 is 19.7 Å². The number of aromatic nitrogens is 2. The molecular weight excluding hydrogens is 328 g/mol. The minimum absolute atomic E-state index is 0.541. The predicted molar refractivity (Wildman–Crippen MR) is 102 cm³/mol. The van der Waals surface area contributed by atoms with Crippen LogP contribution in [0.3, 0.4) is 0 Å². The fourth-order valence-corrected chi connectivity index (χ4v) is 3.18. The van der Waals surface area contributed by atoms with Crippen LogP contribution in [0.5, 0.6) is 11.5 Å². The van der Waals surface area contributed by atoms with Crippen LogP contribution in [0.15, 0.2) is 54.7 Å². The molecule has 1 aliphatic heterocycles. The molecule has 26 heavy (non-hydrogen) atoms. The van der Waals surface area contributed by atoms with Crippen LogP contribution in [0.2, 0.25) is 0 Å². The minimum atomic E-state index is 0.541. The molecule has 0 amide bonds. The molecule has 1 aromatic heterocycles. The van der Waals surface area contributed by atoms with E-state index in [1.807, 2.05) is 24.3 Å². The molecule has 0 radical (unpaired) electrons. The van der Waals surface area contributed by atoms with Gasteiger partial charge in [-0.25, -0.2) is 4.98 Å². The number of hydrogen-bond acceptors (Lipinski definition) is 6. The van der Waals surface area contributed by atoms with E-state index in [9.17, 15) is 0 Å². The molecule has 6 nitrogen and oxygen atoms in total. The smallest absolute Gasteiger partial charge is 0.229 e. The molecule has 0 bridgehead atoms. The van der Waals surface area contributed by atoms with Crippen molar-refractivity contribution in [1.29, 1.82) is 0 Å². The number of hydrogen-bond donors (Lipinski definition) is 1. The standard InChI is InChI=1S/C20H20N4O2/c1-25-17-8-7-15(13-18(17)26-2)22-20-21-11-9-19(23-20)24-12-10-14-5-3-4-6-16(14)24/h3-9,11,13H,10,12H2,1-2H3,(H,21,22,23). The van der Waals surface area contributed by atoms with Crippen molar-refractivity contribution < 1.29 is 9.47 Å². The number of ether oxygens (including phenoxy) is 2. The Balaban J connectivity index is 1.59. The second kappa shape index (κ2) is 6.92. The van der Waals surface area contributed by atoms with Crippen LogP contribution < -0.4 is 19.7 Å². The van der Waals surface area contributed by atoms with Crippen molar-refractivity contribution in [2.75, 3.05) is 31.0 Å². The highest BCUT2D eigenvalue weighted by molar-refractivity contribution is 5.68. The molecular formula is C20H20N4O2. The number of rotatable bonds is 5. The van der Waals surface area contributed by atoms with Gasteiger partial charge in [-0.1, -0.05) is 18.2 Å². The van der Waals surface area contributed by atoms with E-state index in [2.05, 4.69) is 44.5 Å². The van der Waals surface area contributed by atoms with E-state index in [0.717, 1.165) is 24.5 Å². The molecule has 0 atom stereocenters. The average molecular weight is 348 g/mol. The molecule has 0 spiro atoms. The van der Waals surface area contributed by atoms with Gasteiger partial charge in [0.05, 0.1) is 14.2 Å². The zero-order valence-corrected chi connectivity index (χ0v) is 14.8. The lowest BCUT2D eigenvalue weighted by atomic mass is 10.2. The highest BCUT2D eigenvalue weighted by Crippen LogP contribution is 2.34. The number of para-hydroxylation sites is 1. The summed E-state index contributed by atoms with van der Waals surface area (Å²) < 4.78 is 10.6. The van der Waals surface area contributed by atoms with E-state index >= 15 is 0 Å². The third-order valence-corrected chi connectivity index (χ3v) is 4.44. The Kier molecular flexibility index (Phi) is 4.31. The first-order chi connectivity index (χ1) is 12.8. The van der Waals surface area contributed by atoms with E-state index in [1.54, 1.807) is 20.4 Å². The van der Waals surface area contributed by atoms with Crippen molar-refractivity contribution in [3.05, 3.63) is 60.3 Å². The summed E-state index contributed by atoms with van der Waals surface area (Å²) in [5.41, 5.74) is 3.39. The largest absolute Gasteiger partial charge is 0.493 e. The second-order valence-electron chi connectivity index (χ2n) is 5.96. The van der Waals surface area contributed by atoms with Crippen LogP contribution in [0.4, 0.5) is 23.1 Å². The summed E-state index contributed by atoms with van der Waals surface area (Å²) in [5, 5.41) is 3.23. The first-order valence-electron chi connectivity index (χ1n) is 8.46. The molecule has 0 unspecified atom stereocenters. The molecule has 6 heteroatoms. The Bertz CT molecular complexity index is 929. The quantitative estimate of drug-likeness (QED) is 0.754. The zero-order valence-electron chi connectivity index (χ0n) is 14.8. The van der Waals surface area contributed by atoms with Gasteiger partial charge in [-0.2, -0.15) is 4.98 Å². The maximum absolute atomic E-state index is 5.34. The lowest BCUT2D eigenvalue weighted by Crippen LogP contribution is -2.15. The van der Waals surface area contributed by atoms with Gasteiger partial charge in [0, 0.05) is 30.2 Å². The number of benzene rings is 2. The van der Waals surface area contributed by atoms with Crippen LogP contribution in [-0.4, -0.2) is 30.7 Å². The molecule has 2 heterocycles. The number of methoxy groups -OCH3 is 2. The van der Waals surface area contributed by atoms with E-state index < -0.39 is 0 Å². The molecule has 1 N–H and O–H groups in total. The maximum Gasteiger partial charge on any atom is 0.229 e. The molecule has 3 aromatic rings. The molecule has 0 saturated heterocycles. The van der Waals surface area contributed by atoms with Gasteiger partial charge in [-0.15, -0.1) is 0 Å². The van der Waals surface area contributed by atoms with Crippen LogP contribution in [0.1, 0.15) is 5.56 Å². The van der Waals surface area contributed by atoms with Crippen molar-refractivity contribution in [2.45, 2.75) is 6.42 Å². The SMILES string of the molecule is COc1ccc(Nc2nccc(N3CCc4ccccc43)n2)cc1OC. The highest BCUT2D eigenvalue weighted by atomic mass is 16.5. The van der Waals surface area contributed by atoms with E-state index in [-0.39, 0.29) is 0 Å². The van der Waals surface area contributed by atoms with Crippen LogP contribution in [0, 0.1) is 0 Å². The lowest BCUT2D eigenvalue weighted by Gasteiger charge is -2.19. The Morgan fingerprint density at radius 3 is 2.69 bits per heavy atom. The topological polar surface area (TPSA) is 59.5 Å². The second-order valence-corrected chi connectivity index (χ2v) is 5.96. The van der Waals surface area contributed by atoms with Gasteiger partial charge in [0.1, 0.15) is 5.82 Å². The monoisotopic (exact) mass is 348 g/mol. The Morgan fingerprint density at radius 2 is 1.85 bits per heavy atom. The number of fused-ring (bicyclic) bond motifs is 1. The van der Waals surface area contributed by atoms with Crippen molar-refractivity contribution in [3.63, 3.8) is 0 Å². The molecule has 0 aliphatic carbocycles. The number of nitrogens with zero attached hydrogens (tertiary/aromatic N) is 3. The molecule has 0 fully saturated rings. The fraction of sp³-hybridized carbons (Fsp3) is 0.200. The van der Waals surface area contributed by atoms with Gasteiger partial charge in [0.2, 0.25) is 5.95 Å². The lowest BCUT2D eigenvalue weighted by molar-refractivity contribution is 0.355. The van der Waals surface area contributed by atoms with Crippen LogP contribution >= 0.6 is 0 Å². The maximum atomic E-state index is 5.34. The van der Waals surface area contributed by atoms with E-state index in [0.29, 0.717) is 17.4 Å². The van der Waals surface area contributed by atoms with Crippen molar-refractivity contribution in [2.24, 2.45) is 0 Å². The Morgan fingerprint density at radius 1 is 1.00 bits per heavy atom. The summed E-state index contributed by atoms with van der Waals surface area (Å²) in [6.07, 6.45) is 2.80. The fourth-order valence-electron chi connectivity index (χ4n) is 3.18. The van der Waals surface area contributed by atoms with Gasteiger partial charge in [-0.05, 0) is 36.2 Å². The van der Waals surface area contributed by atoms with E-state index in [1.165, 1.54) is 11.3 Å². The number of anilines is 4. The minimum Gasteiger partial charge on any atom is -0.493 e. The molecule has 2 aromatic carbocycles. The van der Waals surface area contributed by atoms with Gasteiger partial charge in [-0.3, -0.25) is 0 Å². The summed E-state index contributed by atoms with van der Waals surface area (Å²) in [6, 6.07) is 16.0. The highest BCUT2D eigenvalue weighted by Gasteiger charge is 2.21. The van der Waals surface area contributed by atoms with Gasteiger partial charge >= 0.3 is 0 Å². The average Bonchev–Trinajstić information content (AvgIpc) is 3.12. The van der Waals surface area contributed by atoms with Gasteiger partial charge in [0.15, 0.2) is 11.5 Å². The van der Waals surface area contributed by atoms with Crippen molar-refractivity contribution >= 4 is 23.1 Å². The van der Waals surface area contributed by atoms with Crippen molar-refractivity contribution in [3.8, 4) is 11.5 Å². The summed E-state index contributed by atoms with van der Waals surface area (Å²) in [7, 11) is 3.23. The summed E-state index contributed by atoms with van der Waals surface area (Å²) in [6.45, 7) is 0.923. The molecule has 1 aliphatic rings. The summed E-state index contributed by atoms with van der Waals surface area (Å²) in [5.74, 6) is 2.76. The first-order valence-corrected chi connectivity index (χ1v) is 8.46. The molecule has 0 saturated carbocycles. The van der Waals surface area contributed by atoms with Crippen LogP contribution in [0.25, 0.3) is 0 Å². The van der Waals surface area contributed by atoms with Gasteiger partial charge in [0.25, 0.3) is 0 Å². The molecule has 132 valence electrons. The van der Waals surface area contributed by atoms with Crippen LogP contribution in [-0.2, 0) is 6.42 Å². The first kappa shape index (κ1) is 16.2. The Hall–Kier alpha value is -3.28.